The van der Waals surface area contributed by atoms with Gasteiger partial charge in [0.05, 0.1) is 45.0 Å². The van der Waals surface area contributed by atoms with Crippen LogP contribution >= 0.6 is 0 Å². The Labute approximate surface area is 293 Å². The Bertz CT molecular complexity index is 3050. The van der Waals surface area contributed by atoms with Crippen LogP contribution in [0.15, 0.2) is 182 Å². The van der Waals surface area contributed by atoms with Crippen molar-refractivity contribution in [2.24, 2.45) is 0 Å². The Kier molecular flexibility index (Phi) is 5.92. The number of pyridine rings is 1. The van der Waals surface area contributed by atoms with Gasteiger partial charge in [0.25, 0.3) is 0 Å². The second-order valence-corrected chi connectivity index (χ2v) is 13.2. The highest BCUT2D eigenvalue weighted by Gasteiger charge is 2.18. The van der Waals surface area contributed by atoms with Gasteiger partial charge in [0.1, 0.15) is 0 Å². The molecule has 0 radical (unpaired) electrons. The first-order valence-corrected chi connectivity index (χ1v) is 17.4. The third kappa shape index (κ3) is 4.05. The van der Waals surface area contributed by atoms with Gasteiger partial charge in [0, 0.05) is 55.5 Å². The normalized spacial score (nSPS) is 11.9. The Hall–Kier alpha value is -6.91. The van der Waals surface area contributed by atoms with Crippen LogP contribution in [-0.2, 0) is 0 Å². The summed E-state index contributed by atoms with van der Waals surface area (Å²) in [6.45, 7) is 0. The van der Waals surface area contributed by atoms with Crippen molar-refractivity contribution in [3.63, 3.8) is 0 Å². The number of rotatable bonds is 4. The molecule has 0 unspecified atom stereocenters. The van der Waals surface area contributed by atoms with E-state index in [9.17, 15) is 0 Å². The molecule has 7 aromatic carbocycles. The van der Waals surface area contributed by atoms with Crippen LogP contribution in [-0.4, -0.2) is 18.7 Å². The number of hydrogen-bond acceptors (Lipinski definition) is 1. The summed E-state index contributed by atoms with van der Waals surface area (Å²) in [7, 11) is 0. The van der Waals surface area contributed by atoms with E-state index >= 15 is 0 Å². The lowest BCUT2D eigenvalue weighted by Gasteiger charge is -2.15. The second kappa shape index (κ2) is 10.8. The summed E-state index contributed by atoms with van der Waals surface area (Å²) in [5, 5.41) is 7.41. The Morgan fingerprint density at radius 3 is 1.53 bits per heavy atom. The predicted octanol–water partition coefficient (Wildman–Crippen LogP) is 12.0. The maximum absolute atomic E-state index is 4.51. The van der Waals surface area contributed by atoms with Crippen molar-refractivity contribution in [2.75, 3.05) is 0 Å². The molecule has 0 aliphatic rings. The molecule has 4 aromatic heterocycles. The molecule has 0 spiro atoms. The van der Waals surface area contributed by atoms with Crippen LogP contribution in [0.3, 0.4) is 0 Å². The van der Waals surface area contributed by atoms with E-state index in [4.69, 9.17) is 0 Å². The van der Waals surface area contributed by atoms with E-state index < -0.39 is 0 Å². The molecule has 11 rings (SSSR count). The number of aromatic nitrogens is 4. The van der Waals surface area contributed by atoms with Crippen LogP contribution in [0, 0.1) is 0 Å². The van der Waals surface area contributed by atoms with E-state index in [1.165, 1.54) is 76.7 Å². The van der Waals surface area contributed by atoms with Gasteiger partial charge in [0.2, 0.25) is 0 Å². The summed E-state index contributed by atoms with van der Waals surface area (Å²) in [6.07, 6.45) is 3.86. The van der Waals surface area contributed by atoms with E-state index in [1.54, 1.807) is 0 Å². The third-order valence-corrected chi connectivity index (χ3v) is 10.5. The molecule has 0 amide bonds. The maximum atomic E-state index is 4.51. The molecule has 0 aliphatic heterocycles. The number of benzene rings is 7. The average molecular weight is 651 g/mol. The standard InChI is InChI=1S/C47H30N4/c1-6-19-41(51-44-22-9-3-15-35(44)36-16-4-10-23-45(36)51)34(14-1)31-12-11-13-32(28-31)49-43-21-8-5-18-38(43)40-29-33(24-25-46(40)49)50-42-20-7-2-17-37(42)39-26-27-48-30-47(39)50/h1-30H. The van der Waals surface area contributed by atoms with Crippen LogP contribution in [0.2, 0.25) is 0 Å². The molecule has 238 valence electrons. The Morgan fingerprint density at radius 2 is 0.843 bits per heavy atom. The molecule has 0 N–H and O–H groups in total. The number of para-hydroxylation sites is 5. The molecule has 4 heteroatoms. The maximum Gasteiger partial charge on any atom is 0.0724 e. The molecule has 0 atom stereocenters. The molecular formula is C47H30N4. The van der Waals surface area contributed by atoms with Crippen molar-refractivity contribution >= 4 is 65.4 Å². The minimum Gasteiger partial charge on any atom is -0.309 e. The predicted molar refractivity (Wildman–Crippen MR) is 213 cm³/mol. The van der Waals surface area contributed by atoms with E-state index in [1.807, 2.05) is 12.4 Å². The molecular weight excluding hydrogens is 621 g/mol. The van der Waals surface area contributed by atoms with Crippen molar-refractivity contribution in [1.82, 2.24) is 18.7 Å². The van der Waals surface area contributed by atoms with Gasteiger partial charge in [-0.3, -0.25) is 4.98 Å². The average Bonchev–Trinajstić information content (AvgIpc) is 3.84. The highest BCUT2D eigenvalue weighted by atomic mass is 15.0. The van der Waals surface area contributed by atoms with Gasteiger partial charge in [-0.1, -0.05) is 103 Å². The summed E-state index contributed by atoms with van der Waals surface area (Å²) in [5.41, 5.74) is 12.8. The van der Waals surface area contributed by atoms with Crippen LogP contribution in [0.1, 0.15) is 0 Å². The Morgan fingerprint density at radius 1 is 0.333 bits per heavy atom. The fourth-order valence-electron chi connectivity index (χ4n) is 8.38. The fraction of sp³-hybridized carbons (Fsp3) is 0. The van der Waals surface area contributed by atoms with Crippen molar-refractivity contribution in [3.05, 3.63) is 182 Å². The van der Waals surface area contributed by atoms with Gasteiger partial charge in [-0.25, -0.2) is 0 Å². The fourth-order valence-corrected chi connectivity index (χ4v) is 8.38. The quantitative estimate of drug-likeness (QED) is 0.186. The van der Waals surface area contributed by atoms with Crippen molar-refractivity contribution < 1.29 is 0 Å². The minimum absolute atomic E-state index is 1.11. The second-order valence-electron chi connectivity index (χ2n) is 13.2. The van der Waals surface area contributed by atoms with E-state index in [2.05, 4.69) is 189 Å². The summed E-state index contributed by atoms with van der Waals surface area (Å²) < 4.78 is 7.17. The van der Waals surface area contributed by atoms with Gasteiger partial charge < -0.3 is 13.7 Å². The van der Waals surface area contributed by atoms with Gasteiger partial charge in [0.15, 0.2) is 0 Å². The molecule has 4 heterocycles. The lowest BCUT2D eigenvalue weighted by Crippen LogP contribution is -1.98. The number of nitrogens with zero attached hydrogens (tertiary/aromatic N) is 4. The van der Waals surface area contributed by atoms with Crippen LogP contribution in [0.5, 0.6) is 0 Å². The summed E-state index contributed by atoms with van der Waals surface area (Å²) >= 11 is 0. The van der Waals surface area contributed by atoms with Crippen LogP contribution < -0.4 is 0 Å². The monoisotopic (exact) mass is 650 g/mol. The first-order chi connectivity index (χ1) is 25.3. The zero-order valence-electron chi connectivity index (χ0n) is 27.6. The number of fused-ring (bicyclic) bond motifs is 9. The van der Waals surface area contributed by atoms with Crippen molar-refractivity contribution in [2.45, 2.75) is 0 Å². The summed E-state index contributed by atoms with van der Waals surface area (Å²) in [5.74, 6) is 0. The van der Waals surface area contributed by atoms with Gasteiger partial charge in [-0.2, -0.15) is 0 Å². The van der Waals surface area contributed by atoms with E-state index in [0.29, 0.717) is 0 Å². The van der Waals surface area contributed by atoms with Gasteiger partial charge >= 0.3 is 0 Å². The smallest absolute Gasteiger partial charge is 0.0724 e. The molecule has 0 aliphatic carbocycles. The molecule has 0 saturated carbocycles. The Balaban J connectivity index is 1.12. The summed E-state index contributed by atoms with van der Waals surface area (Å²) in [6, 6.07) is 61.6. The van der Waals surface area contributed by atoms with Gasteiger partial charge in [-0.15, -0.1) is 0 Å². The van der Waals surface area contributed by atoms with Crippen molar-refractivity contribution in [3.8, 4) is 28.2 Å². The number of hydrogen-bond donors (Lipinski definition) is 0. The first-order valence-electron chi connectivity index (χ1n) is 17.4. The third-order valence-electron chi connectivity index (χ3n) is 10.5. The highest BCUT2D eigenvalue weighted by molar-refractivity contribution is 6.12. The molecule has 0 saturated heterocycles. The zero-order valence-corrected chi connectivity index (χ0v) is 27.6. The van der Waals surface area contributed by atoms with E-state index in [0.717, 1.165) is 16.9 Å². The van der Waals surface area contributed by atoms with Crippen LogP contribution in [0.4, 0.5) is 0 Å². The lowest BCUT2D eigenvalue weighted by atomic mass is 10.0. The highest BCUT2D eigenvalue weighted by Crippen LogP contribution is 2.39. The largest absolute Gasteiger partial charge is 0.309 e. The molecule has 0 bridgehead atoms. The summed E-state index contributed by atoms with van der Waals surface area (Å²) in [4.78, 5) is 4.51. The SMILES string of the molecule is c1cc(-c2ccccc2-n2c3ccccc3c3ccccc32)cc(-n2c3ccccc3c3cc(-n4c5ccccc5c5ccncc54)ccc32)c1. The molecule has 51 heavy (non-hydrogen) atoms. The minimum atomic E-state index is 1.11. The van der Waals surface area contributed by atoms with Crippen molar-refractivity contribution in [1.29, 1.82) is 0 Å². The molecule has 4 nitrogen and oxygen atoms in total. The molecule has 0 fully saturated rings. The zero-order chi connectivity index (χ0) is 33.5. The lowest BCUT2D eigenvalue weighted by molar-refractivity contribution is 1.16. The van der Waals surface area contributed by atoms with Gasteiger partial charge in [-0.05, 0) is 72.3 Å². The van der Waals surface area contributed by atoms with Crippen LogP contribution in [0.25, 0.3) is 93.6 Å². The molecule has 11 aromatic rings. The van der Waals surface area contributed by atoms with E-state index in [-0.39, 0.29) is 0 Å². The first kappa shape index (κ1) is 28.0. The topological polar surface area (TPSA) is 27.7 Å².